The predicted octanol–water partition coefficient (Wildman–Crippen LogP) is 3.22. The van der Waals surface area contributed by atoms with Crippen LogP contribution in [-0.2, 0) is 0 Å². The minimum absolute atomic E-state index is 0.214. The van der Waals surface area contributed by atoms with Gasteiger partial charge in [0.05, 0.1) is 6.61 Å². The Balaban J connectivity index is 2.01. The Bertz CT molecular complexity index is 331. The number of hydrogen-bond acceptors (Lipinski definition) is 2. The van der Waals surface area contributed by atoms with Crippen molar-refractivity contribution < 1.29 is 4.74 Å². The molecule has 104 valence electrons. The lowest BCUT2D eigenvalue weighted by molar-refractivity contribution is 0.299. The van der Waals surface area contributed by atoms with Gasteiger partial charge in [0.15, 0.2) is 0 Å². The highest BCUT2D eigenvalue weighted by Gasteiger charge is 1.98. The Morgan fingerprint density at radius 2 is 1.79 bits per heavy atom. The van der Waals surface area contributed by atoms with E-state index in [4.69, 9.17) is 4.74 Å². The van der Waals surface area contributed by atoms with Crippen LogP contribution in [0.1, 0.15) is 32.6 Å². The first-order valence-corrected chi connectivity index (χ1v) is 11.8. The number of unbranched alkanes of at least 4 members (excludes halogenated alkanes) is 3. The molecular weight excluding hydrogens is 314 g/mol. The van der Waals surface area contributed by atoms with E-state index in [0.717, 1.165) is 25.3 Å². The molecule has 0 aliphatic rings. The van der Waals surface area contributed by atoms with Gasteiger partial charge in [-0.1, -0.05) is 31.9 Å². The van der Waals surface area contributed by atoms with Gasteiger partial charge in [0.1, 0.15) is 5.75 Å². The second-order valence-corrected chi connectivity index (χ2v) is 7.70. The molecule has 0 aliphatic carbocycles. The molecular formula is C15H24BrMgNO. The van der Waals surface area contributed by atoms with Crippen molar-refractivity contribution in [1.82, 2.24) is 4.90 Å². The minimum atomic E-state index is -0.214. The van der Waals surface area contributed by atoms with Gasteiger partial charge in [-0.05, 0) is 45.1 Å². The maximum atomic E-state index is 5.74. The summed E-state index contributed by atoms with van der Waals surface area (Å²) in [6.07, 6.45) is 5.03. The molecule has 0 unspecified atom stereocenters. The van der Waals surface area contributed by atoms with E-state index >= 15 is 0 Å². The summed E-state index contributed by atoms with van der Waals surface area (Å²) < 4.78 is 7.17. The maximum absolute atomic E-state index is 5.74. The first kappa shape index (κ1) is 17.3. The molecule has 0 saturated carbocycles. The van der Waals surface area contributed by atoms with Crippen molar-refractivity contribution >= 4 is 34.8 Å². The van der Waals surface area contributed by atoms with E-state index in [2.05, 4.69) is 56.0 Å². The molecule has 0 aliphatic heterocycles. The number of rotatable bonds is 10. The summed E-state index contributed by atoms with van der Waals surface area (Å²) in [6.45, 7) is 5.41. The summed E-state index contributed by atoms with van der Waals surface area (Å²) in [5.74, 6) is 1.00. The lowest BCUT2D eigenvalue weighted by Gasteiger charge is -2.13. The van der Waals surface area contributed by atoms with Crippen molar-refractivity contribution in [2.24, 2.45) is 0 Å². The molecule has 4 heteroatoms. The summed E-state index contributed by atoms with van der Waals surface area (Å²) in [6, 6.07) is 8.49. The molecule has 1 rings (SSSR count). The average Bonchev–Trinajstić information content (AvgIpc) is 2.46. The zero-order valence-corrected chi connectivity index (χ0v) is 15.2. The van der Waals surface area contributed by atoms with Crippen LogP contribution < -0.4 is 8.43 Å². The predicted molar refractivity (Wildman–Crippen MR) is 87.9 cm³/mol. The van der Waals surface area contributed by atoms with E-state index in [0.29, 0.717) is 0 Å². The Labute approximate surface area is 133 Å². The van der Waals surface area contributed by atoms with Crippen molar-refractivity contribution in [3.8, 4) is 5.75 Å². The Morgan fingerprint density at radius 3 is 2.42 bits per heavy atom. The summed E-state index contributed by atoms with van der Waals surface area (Å²) >= 11 is 3.37. The third-order valence-electron chi connectivity index (χ3n) is 3.32. The van der Waals surface area contributed by atoms with Crippen molar-refractivity contribution in [1.29, 1.82) is 0 Å². The van der Waals surface area contributed by atoms with Gasteiger partial charge in [-0.3, -0.25) is 12.9 Å². The van der Waals surface area contributed by atoms with Gasteiger partial charge in [-0.15, -0.1) is 0 Å². The van der Waals surface area contributed by atoms with Gasteiger partial charge in [0.2, 0.25) is 0 Å². The van der Waals surface area contributed by atoms with Crippen molar-refractivity contribution in [2.75, 3.05) is 26.7 Å². The molecule has 2 nitrogen and oxygen atoms in total. The molecule has 0 spiro atoms. The highest BCUT2D eigenvalue weighted by atomic mass is 79.9. The SMILES string of the molecule is CCN(C)CCCCCCOc1cc[c]([Mg][Br])cc1. The molecule has 1 aromatic rings. The molecule has 0 saturated heterocycles. The van der Waals surface area contributed by atoms with E-state index < -0.39 is 0 Å². The van der Waals surface area contributed by atoms with E-state index in [-0.39, 0.29) is 18.2 Å². The van der Waals surface area contributed by atoms with Crippen LogP contribution in [0.15, 0.2) is 24.3 Å². The highest BCUT2D eigenvalue weighted by Crippen LogP contribution is 2.09. The van der Waals surface area contributed by atoms with Crippen molar-refractivity contribution in [3.05, 3.63) is 24.3 Å². The fourth-order valence-corrected chi connectivity index (χ4v) is 3.40. The molecule has 1 aromatic carbocycles. The smallest absolute Gasteiger partial charge is 0.494 e. The van der Waals surface area contributed by atoms with Gasteiger partial charge in [0, 0.05) is 0 Å². The van der Waals surface area contributed by atoms with Crippen LogP contribution in [0.25, 0.3) is 0 Å². The number of halogens is 1. The van der Waals surface area contributed by atoms with Crippen LogP contribution in [0.5, 0.6) is 5.75 Å². The molecule has 0 N–H and O–H groups in total. The third-order valence-corrected chi connectivity index (χ3v) is 6.04. The number of nitrogens with zero attached hydrogens (tertiary/aromatic N) is 1. The second-order valence-electron chi connectivity index (χ2n) is 4.94. The second kappa shape index (κ2) is 10.9. The molecule has 0 bridgehead atoms. The normalized spacial score (nSPS) is 10.5. The van der Waals surface area contributed by atoms with Gasteiger partial charge in [-0.25, -0.2) is 0 Å². The third kappa shape index (κ3) is 8.18. The van der Waals surface area contributed by atoms with E-state index in [1.807, 2.05) is 0 Å². The van der Waals surface area contributed by atoms with E-state index in [1.54, 1.807) is 0 Å². The van der Waals surface area contributed by atoms with Crippen LogP contribution in [0, 0.1) is 0 Å². The van der Waals surface area contributed by atoms with Gasteiger partial charge in [-0.2, -0.15) is 3.69 Å². The van der Waals surface area contributed by atoms with Gasteiger partial charge in [0.25, 0.3) is 0 Å². The number of benzene rings is 1. The largest absolute Gasteiger partial charge is 0.506 e. The lowest BCUT2D eigenvalue weighted by atomic mass is 10.2. The standard InChI is InChI=1S/C15H24NO.BrH.Mg/c1-3-16(2)13-9-4-5-10-14-17-15-11-7-6-8-12-15;;/h7-8,11-12H,3-5,9-10,13-14H2,1-2H3;1H;/q;;+1/p-1. The fraction of sp³-hybridized carbons (Fsp3) is 0.600. The van der Waals surface area contributed by atoms with E-state index in [9.17, 15) is 0 Å². The van der Waals surface area contributed by atoms with Crippen LogP contribution >= 0.6 is 12.9 Å². The zero-order chi connectivity index (χ0) is 13.9. The fourth-order valence-electron chi connectivity index (χ4n) is 1.86. The number of hydrogen-bond donors (Lipinski definition) is 0. The van der Waals surface area contributed by atoms with Crippen LogP contribution in [0.4, 0.5) is 0 Å². The summed E-state index contributed by atoms with van der Waals surface area (Å²) in [5, 5.41) is 0. The van der Waals surface area contributed by atoms with Crippen LogP contribution in [-0.4, -0.2) is 49.8 Å². The molecule has 0 amide bonds. The topological polar surface area (TPSA) is 12.5 Å². The highest BCUT2D eigenvalue weighted by molar-refractivity contribution is 9.23. The Hall–Kier alpha value is 0.226. The Morgan fingerprint density at radius 1 is 1.11 bits per heavy atom. The molecule has 0 atom stereocenters. The molecule has 0 aromatic heterocycles. The first-order chi connectivity index (χ1) is 9.26. The lowest BCUT2D eigenvalue weighted by Crippen LogP contribution is -2.18. The molecule has 0 fully saturated rings. The zero-order valence-electron chi connectivity index (χ0n) is 12.2. The quantitative estimate of drug-likeness (QED) is 0.480. The molecule has 19 heavy (non-hydrogen) atoms. The maximum Gasteiger partial charge on any atom is 0.506 e. The van der Waals surface area contributed by atoms with Crippen molar-refractivity contribution in [3.63, 3.8) is 0 Å². The minimum Gasteiger partial charge on any atom is -0.494 e. The van der Waals surface area contributed by atoms with Gasteiger partial charge >= 0.3 is 18.2 Å². The average molecular weight is 339 g/mol. The van der Waals surface area contributed by atoms with Crippen molar-refractivity contribution in [2.45, 2.75) is 32.6 Å². The molecule has 0 heterocycles. The summed E-state index contributed by atoms with van der Waals surface area (Å²) in [4.78, 5) is 2.37. The summed E-state index contributed by atoms with van der Waals surface area (Å²) in [5.41, 5.74) is 0. The van der Waals surface area contributed by atoms with Crippen LogP contribution in [0.3, 0.4) is 0 Å². The first-order valence-electron chi connectivity index (χ1n) is 7.22. The Kier molecular flexibility index (Phi) is 9.96. The summed E-state index contributed by atoms with van der Waals surface area (Å²) in [7, 11) is 2.18. The monoisotopic (exact) mass is 337 g/mol. The van der Waals surface area contributed by atoms with Crippen LogP contribution in [0.2, 0.25) is 0 Å². The van der Waals surface area contributed by atoms with E-state index in [1.165, 1.54) is 29.5 Å². The molecule has 0 radical (unpaired) electrons. The van der Waals surface area contributed by atoms with Gasteiger partial charge < -0.3 is 9.64 Å². The number of ether oxygens (including phenoxy) is 1.